The summed E-state index contributed by atoms with van der Waals surface area (Å²) in [4.78, 5) is 17.8. The molecule has 3 aromatic heterocycles. The number of hydrogen-bond donors (Lipinski definition) is 1. The topological polar surface area (TPSA) is 95.9 Å². The van der Waals surface area contributed by atoms with Gasteiger partial charge in [0.15, 0.2) is 0 Å². The van der Waals surface area contributed by atoms with Crippen LogP contribution in [-0.2, 0) is 19.1 Å². The van der Waals surface area contributed by atoms with E-state index in [1.807, 2.05) is 10.7 Å². The highest BCUT2D eigenvalue weighted by molar-refractivity contribution is 5.92. The normalized spacial score (nSPS) is 13.1. The van der Waals surface area contributed by atoms with Crippen LogP contribution in [0.4, 0.5) is 13.2 Å². The molecule has 7 nitrogen and oxygen atoms in total. The van der Waals surface area contributed by atoms with Gasteiger partial charge in [0.1, 0.15) is 5.69 Å². The van der Waals surface area contributed by atoms with E-state index in [0.29, 0.717) is 22.7 Å². The smallest absolute Gasteiger partial charge is 0.433 e. The molecular formula is C20H20F3N5O2. The van der Waals surface area contributed by atoms with Crippen molar-refractivity contribution in [2.75, 3.05) is 7.11 Å². The number of aromatic nitrogens is 4. The van der Waals surface area contributed by atoms with Gasteiger partial charge in [0, 0.05) is 41.8 Å². The van der Waals surface area contributed by atoms with Gasteiger partial charge in [-0.25, -0.2) is 4.98 Å². The summed E-state index contributed by atoms with van der Waals surface area (Å²) in [6.45, 7) is 0.840. The van der Waals surface area contributed by atoms with Crippen LogP contribution in [0.1, 0.15) is 34.6 Å². The molecule has 0 atom stereocenters. The second kappa shape index (κ2) is 8.93. The Balaban J connectivity index is 0.000000199. The number of halogens is 3. The molecule has 0 aliphatic carbocycles. The highest BCUT2D eigenvalue weighted by atomic mass is 19.4. The molecule has 0 aromatic carbocycles. The fourth-order valence-corrected chi connectivity index (χ4v) is 2.98. The van der Waals surface area contributed by atoms with Crippen LogP contribution in [0, 0.1) is 0 Å². The minimum Gasteiger partial charge on any atom is -0.481 e. The van der Waals surface area contributed by atoms with Crippen molar-refractivity contribution in [1.29, 1.82) is 0 Å². The van der Waals surface area contributed by atoms with Crippen LogP contribution in [0.2, 0.25) is 0 Å². The number of nitrogens with zero attached hydrogens (tertiary/aromatic N) is 4. The maximum atomic E-state index is 12.6. The molecule has 158 valence electrons. The van der Waals surface area contributed by atoms with E-state index in [1.54, 1.807) is 6.07 Å². The molecular weight excluding hydrogens is 399 g/mol. The summed E-state index contributed by atoms with van der Waals surface area (Å²) < 4.78 is 44.5. The monoisotopic (exact) mass is 419 g/mol. The summed E-state index contributed by atoms with van der Waals surface area (Å²) in [6.07, 6.45) is 1.34. The number of amides is 1. The number of primary amides is 1. The van der Waals surface area contributed by atoms with Crippen LogP contribution in [0.25, 0.3) is 11.3 Å². The molecule has 4 rings (SSSR count). The zero-order chi connectivity index (χ0) is 21.7. The quantitative estimate of drug-likeness (QED) is 0.701. The molecule has 0 radical (unpaired) electrons. The Morgan fingerprint density at radius 2 is 1.90 bits per heavy atom. The van der Waals surface area contributed by atoms with Gasteiger partial charge in [-0.3, -0.25) is 14.5 Å². The van der Waals surface area contributed by atoms with E-state index in [2.05, 4.69) is 15.1 Å². The molecule has 10 heteroatoms. The van der Waals surface area contributed by atoms with Crippen LogP contribution in [0.15, 0.2) is 42.7 Å². The lowest BCUT2D eigenvalue weighted by molar-refractivity contribution is -0.141. The summed E-state index contributed by atoms with van der Waals surface area (Å²) in [5.74, 6) is -0.0907. The van der Waals surface area contributed by atoms with Crippen LogP contribution in [-0.4, -0.2) is 32.8 Å². The van der Waals surface area contributed by atoms with Gasteiger partial charge in [0.2, 0.25) is 11.8 Å². The minimum absolute atomic E-state index is 0.390. The number of ether oxygens (including phenoxy) is 1. The SMILES string of the molecule is COc1cc(C(N)=O)ccn1.FC(F)(F)c1cc(-c2cc3n(n2)CCCC3)ccn1. The van der Waals surface area contributed by atoms with E-state index in [9.17, 15) is 18.0 Å². The maximum absolute atomic E-state index is 12.6. The third-order valence-corrected chi connectivity index (χ3v) is 4.49. The van der Waals surface area contributed by atoms with Crippen molar-refractivity contribution < 1.29 is 22.7 Å². The Hall–Kier alpha value is -3.43. The van der Waals surface area contributed by atoms with Crippen molar-refractivity contribution >= 4 is 5.91 Å². The standard InChI is InChI=1S/C13H12F3N3.C7H8N2O2/c14-13(15,16)12-7-9(4-5-17-12)11-8-10-3-1-2-6-19(10)18-11;1-11-6-4-5(7(8)10)2-3-9-6/h4-5,7-8H,1-3,6H2;2-4H,1H3,(H2,8,10). The number of alkyl halides is 3. The van der Waals surface area contributed by atoms with Crippen molar-refractivity contribution in [2.24, 2.45) is 5.73 Å². The van der Waals surface area contributed by atoms with Gasteiger partial charge in [0.05, 0.1) is 12.8 Å². The van der Waals surface area contributed by atoms with Crippen molar-refractivity contribution in [3.63, 3.8) is 0 Å². The van der Waals surface area contributed by atoms with Crippen molar-refractivity contribution in [1.82, 2.24) is 19.7 Å². The molecule has 0 spiro atoms. The number of pyridine rings is 2. The predicted molar refractivity (Wildman–Crippen MR) is 103 cm³/mol. The number of carbonyl (C=O) groups excluding carboxylic acids is 1. The molecule has 3 aromatic rings. The molecule has 0 saturated heterocycles. The zero-order valence-corrected chi connectivity index (χ0v) is 16.2. The molecule has 1 aliphatic heterocycles. The number of fused-ring (bicyclic) bond motifs is 1. The van der Waals surface area contributed by atoms with Crippen molar-refractivity contribution in [3.05, 3.63) is 59.7 Å². The molecule has 0 bridgehead atoms. The number of carbonyl (C=O) groups is 1. The molecule has 4 heterocycles. The number of aryl methyl sites for hydroxylation is 2. The van der Waals surface area contributed by atoms with Crippen molar-refractivity contribution in [3.8, 4) is 17.1 Å². The number of nitrogens with two attached hydrogens (primary N) is 1. The maximum Gasteiger partial charge on any atom is 0.433 e. The first-order chi connectivity index (χ1) is 14.3. The Bertz CT molecular complexity index is 1010. The zero-order valence-electron chi connectivity index (χ0n) is 16.2. The molecule has 2 N–H and O–H groups in total. The molecule has 0 fully saturated rings. The third kappa shape index (κ3) is 5.13. The minimum atomic E-state index is -4.42. The molecule has 1 amide bonds. The number of rotatable bonds is 3. The Labute approximate surface area is 170 Å². The van der Waals surface area contributed by atoms with E-state index in [1.165, 1.54) is 31.6 Å². The van der Waals surface area contributed by atoms with Gasteiger partial charge >= 0.3 is 6.18 Å². The van der Waals surface area contributed by atoms with Gasteiger partial charge in [-0.2, -0.15) is 18.3 Å². The van der Waals surface area contributed by atoms with Crippen molar-refractivity contribution in [2.45, 2.75) is 32.0 Å². The number of hydrogen-bond acceptors (Lipinski definition) is 5. The van der Waals surface area contributed by atoms with Crippen LogP contribution >= 0.6 is 0 Å². The third-order valence-electron chi connectivity index (χ3n) is 4.49. The lowest BCUT2D eigenvalue weighted by Crippen LogP contribution is -2.10. The molecule has 0 unspecified atom stereocenters. The van der Waals surface area contributed by atoms with E-state index in [-0.39, 0.29) is 0 Å². The predicted octanol–water partition coefficient (Wildman–Crippen LogP) is 3.49. The van der Waals surface area contributed by atoms with Gasteiger partial charge in [0.25, 0.3) is 0 Å². The summed E-state index contributed by atoms with van der Waals surface area (Å²) in [6, 6.07) is 7.50. The molecule has 30 heavy (non-hydrogen) atoms. The first kappa shape index (κ1) is 21.3. The lowest BCUT2D eigenvalue weighted by atomic mass is 10.1. The van der Waals surface area contributed by atoms with Gasteiger partial charge in [-0.1, -0.05) is 0 Å². The van der Waals surface area contributed by atoms with E-state index < -0.39 is 17.8 Å². The van der Waals surface area contributed by atoms with Crippen LogP contribution < -0.4 is 10.5 Å². The summed E-state index contributed by atoms with van der Waals surface area (Å²) in [5.41, 5.74) is 6.68. The van der Waals surface area contributed by atoms with E-state index in [4.69, 9.17) is 10.5 Å². The fraction of sp³-hybridized carbons (Fsp3) is 0.300. The highest BCUT2D eigenvalue weighted by Crippen LogP contribution is 2.30. The second-order valence-corrected chi connectivity index (χ2v) is 6.58. The highest BCUT2D eigenvalue weighted by Gasteiger charge is 2.32. The Morgan fingerprint density at radius 1 is 1.13 bits per heavy atom. The van der Waals surface area contributed by atoms with Crippen LogP contribution in [0.3, 0.4) is 0 Å². The molecule has 0 saturated carbocycles. The van der Waals surface area contributed by atoms with Crippen LogP contribution in [0.5, 0.6) is 5.88 Å². The summed E-state index contributed by atoms with van der Waals surface area (Å²) in [5, 5.41) is 4.37. The fourth-order valence-electron chi connectivity index (χ4n) is 2.98. The Kier molecular flexibility index (Phi) is 6.34. The van der Waals surface area contributed by atoms with E-state index in [0.717, 1.165) is 37.6 Å². The first-order valence-electron chi connectivity index (χ1n) is 9.18. The molecule has 1 aliphatic rings. The Morgan fingerprint density at radius 3 is 2.57 bits per heavy atom. The summed E-state index contributed by atoms with van der Waals surface area (Å²) >= 11 is 0. The first-order valence-corrected chi connectivity index (χ1v) is 9.18. The van der Waals surface area contributed by atoms with Gasteiger partial charge in [-0.15, -0.1) is 0 Å². The van der Waals surface area contributed by atoms with Gasteiger partial charge < -0.3 is 10.5 Å². The second-order valence-electron chi connectivity index (χ2n) is 6.58. The van der Waals surface area contributed by atoms with Gasteiger partial charge in [-0.05, 0) is 43.5 Å². The largest absolute Gasteiger partial charge is 0.481 e. The van der Waals surface area contributed by atoms with E-state index >= 15 is 0 Å². The lowest BCUT2D eigenvalue weighted by Gasteiger charge is -2.11. The average molecular weight is 419 g/mol. The number of methoxy groups -OCH3 is 1. The average Bonchev–Trinajstić information content (AvgIpc) is 3.18. The summed E-state index contributed by atoms with van der Waals surface area (Å²) in [7, 11) is 1.48.